The molecule has 1 aliphatic rings. The number of pyridine rings is 1. The summed E-state index contributed by atoms with van der Waals surface area (Å²) < 4.78 is 6.93. The maximum Gasteiger partial charge on any atom is 0.323 e. The lowest BCUT2D eigenvalue weighted by Crippen LogP contribution is -2.45. The summed E-state index contributed by atoms with van der Waals surface area (Å²) in [4.78, 5) is 27.1. The molecule has 0 radical (unpaired) electrons. The van der Waals surface area contributed by atoms with E-state index in [-0.39, 0.29) is 17.6 Å². The van der Waals surface area contributed by atoms with Gasteiger partial charge in [-0.3, -0.25) is 14.5 Å². The number of carbonyl (C=O) groups excluding carboxylic acids is 1. The lowest BCUT2D eigenvalue weighted by atomic mass is 10.0. The van der Waals surface area contributed by atoms with E-state index < -0.39 is 0 Å². The predicted molar refractivity (Wildman–Crippen MR) is 98.6 cm³/mol. The zero-order chi connectivity index (χ0) is 18.0. The lowest BCUT2D eigenvalue weighted by Gasteiger charge is -2.33. The molecule has 0 amide bonds. The van der Waals surface area contributed by atoms with Crippen molar-refractivity contribution in [3.63, 3.8) is 0 Å². The molecule has 1 atom stereocenters. The molecule has 5 heteroatoms. The Morgan fingerprint density at radius 3 is 2.84 bits per heavy atom. The Hall–Kier alpha value is -2.14. The van der Waals surface area contributed by atoms with Gasteiger partial charge < -0.3 is 9.30 Å². The summed E-state index contributed by atoms with van der Waals surface area (Å²) in [6.07, 6.45) is 2.86. The van der Waals surface area contributed by atoms with Crippen LogP contribution in [0.25, 0.3) is 10.9 Å². The fraction of sp³-hybridized carbons (Fsp3) is 0.500. The van der Waals surface area contributed by atoms with E-state index in [1.807, 2.05) is 39.1 Å². The molecule has 0 N–H and O–H groups in total. The van der Waals surface area contributed by atoms with Crippen LogP contribution in [0.2, 0.25) is 0 Å². The smallest absolute Gasteiger partial charge is 0.323 e. The highest BCUT2D eigenvalue weighted by Gasteiger charge is 2.30. The van der Waals surface area contributed by atoms with Gasteiger partial charge in [0.05, 0.1) is 12.1 Å². The van der Waals surface area contributed by atoms with Crippen LogP contribution in [0.3, 0.4) is 0 Å². The van der Waals surface area contributed by atoms with Crippen molar-refractivity contribution >= 4 is 16.9 Å². The number of carbonyl (C=O) groups is 1. The normalized spacial score (nSPS) is 18.4. The number of esters is 1. The SMILES string of the molecule is CCOC(=O)C1CCCCN1Cc1cc2cc(C)ccc2n(C)c1=O. The van der Waals surface area contributed by atoms with E-state index in [0.29, 0.717) is 13.2 Å². The second kappa shape index (κ2) is 7.40. The number of piperidine rings is 1. The number of aromatic nitrogens is 1. The fourth-order valence-electron chi connectivity index (χ4n) is 3.69. The van der Waals surface area contributed by atoms with Crippen LogP contribution in [0, 0.1) is 6.92 Å². The van der Waals surface area contributed by atoms with Crippen LogP contribution >= 0.6 is 0 Å². The summed E-state index contributed by atoms with van der Waals surface area (Å²) in [7, 11) is 1.81. The lowest BCUT2D eigenvalue weighted by molar-refractivity contribution is -0.151. The Morgan fingerprint density at radius 2 is 2.08 bits per heavy atom. The Morgan fingerprint density at radius 1 is 1.28 bits per heavy atom. The van der Waals surface area contributed by atoms with Crippen molar-refractivity contribution in [3.05, 3.63) is 45.7 Å². The Labute approximate surface area is 148 Å². The van der Waals surface area contributed by atoms with E-state index in [9.17, 15) is 9.59 Å². The van der Waals surface area contributed by atoms with Crippen molar-refractivity contribution in [1.82, 2.24) is 9.47 Å². The van der Waals surface area contributed by atoms with Gasteiger partial charge in [-0.15, -0.1) is 0 Å². The first-order valence-corrected chi connectivity index (χ1v) is 9.01. The van der Waals surface area contributed by atoms with E-state index in [4.69, 9.17) is 4.74 Å². The second-order valence-corrected chi connectivity index (χ2v) is 6.83. The van der Waals surface area contributed by atoms with Crippen molar-refractivity contribution in [3.8, 4) is 0 Å². The number of nitrogens with zero attached hydrogens (tertiary/aromatic N) is 2. The molecule has 3 rings (SSSR count). The van der Waals surface area contributed by atoms with Gasteiger partial charge in [-0.05, 0) is 56.8 Å². The first-order chi connectivity index (χ1) is 12.0. The van der Waals surface area contributed by atoms with E-state index in [0.717, 1.165) is 42.3 Å². The maximum absolute atomic E-state index is 12.8. The molecule has 1 aliphatic heterocycles. The van der Waals surface area contributed by atoms with Crippen molar-refractivity contribution in [2.24, 2.45) is 7.05 Å². The molecular weight excluding hydrogens is 316 g/mol. The number of ether oxygens (including phenoxy) is 1. The summed E-state index contributed by atoms with van der Waals surface area (Å²) in [5.41, 5.74) is 2.83. The second-order valence-electron chi connectivity index (χ2n) is 6.83. The van der Waals surface area contributed by atoms with Crippen molar-refractivity contribution in [1.29, 1.82) is 0 Å². The van der Waals surface area contributed by atoms with Crippen molar-refractivity contribution in [2.75, 3.05) is 13.2 Å². The third-order valence-corrected chi connectivity index (χ3v) is 5.00. The van der Waals surface area contributed by atoms with Gasteiger partial charge in [0, 0.05) is 19.2 Å². The number of hydrogen-bond acceptors (Lipinski definition) is 4. The molecule has 1 saturated heterocycles. The average Bonchev–Trinajstić information content (AvgIpc) is 2.60. The van der Waals surface area contributed by atoms with Crippen LogP contribution in [-0.2, 0) is 23.1 Å². The van der Waals surface area contributed by atoms with Crippen LogP contribution in [0.4, 0.5) is 0 Å². The third kappa shape index (κ3) is 3.61. The highest BCUT2D eigenvalue weighted by Crippen LogP contribution is 2.22. The molecule has 2 aromatic rings. The van der Waals surface area contributed by atoms with Gasteiger partial charge in [0.2, 0.25) is 0 Å². The molecule has 5 nitrogen and oxygen atoms in total. The first kappa shape index (κ1) is 17.7. The van der Waals surface area contributed by atoms with Crippen molar-refractivity contribution in [2.45, 2.75) is 45.7 Å². The maximum atomic E-state index is 12.8. The van der Waals surface area contributed by atoms with Gasteiger partial charge in [0.25, 0.3) is 5.56 Å². The largest absolute Gasteiger partial charge is 0.465 e. The predicted octanol–water partition coefficient (Wildman–Crippen LogP) is 2.76. The number of hydrogen-bond donors (Lipinski definition) is 0. The number of rotatable bonds is 4. The van der Waals surface area contributed by atoms with Gasteiger partial charge in [0.15, 0.2) is 0 Å². The topological polar surface area (TPSA) is 51.5 Å². The quantitative estimate of drug-likeness (QED) is 0.802. The average molecular weight is 342 g/mol. The molecule has 1 aromatic carbocycles. The molecule has 25 heavy (non-hydrogen) atoms. The number of benzene rings is 1. The molecule has 1 unspecified atom stereocenters. The Balaban J connectivity index is 1.94. The zero-order valence-electron chi connectivity index (χ0n) is 15.2. The van der Waals surface area contributed by atoms with Gasteiger partial charge in [-0.25, -0.2) is 0 Å². The molecular formula is C20H26N2O3. The van der Waals surface area contributed by atoms with Crippen LogP contribution < -0.4 is 5.56 Å². The summed E-state index contributed by atoms with van der Waals surface area (Å²) in [6.45, 7) is 5.57. The molecule has 0 saturated carbocycles. The monoisotopic (exact) mass is 342 g/mol. The molecule has 1 aromatic heterocycles. The summed E-state index contributed by atoms with van der Waals surface area (Å²) in [5, 5.41) is 1.06. The summed E-state index contributed by atoms with van der Waals surface area (Å²) in [5.74, 6) is -0.171. The van der Waals surface area contributed by atoms with Crippen LogP contribution in [0.1, 0.15) is 37.3 Å². The fourth-order valence-corrected chi connectivity index (χ4v) is 3.69. The molecule has 1 fully saturated rings. The molecule has 134 valence electrons. The van der Waals surface area contributed by atoms with Gasteiger partial charge >= 0.3 is 5.97 Å². The Bertz CT molecular complexity index is 841. The summed E-state index contributed by atoms with van der Waals surface area (Å²) >= 11 is 0. The van der Waals surface area contributed by atoms with E-state index in [2.05, 4.69) is 11.0 Å². The molecule has 0 bridgehead atoms. The number of likely N-dealkylation sites (tertiary alicyclic amines) is 1. The third-order valence-electron chi connectivity index (χ3n) is 5.00. The standard InChI is InChI=1S/C20H26N2O3/c1-4-25-20(24)18-7-5-6-10-22(18)13-16-12-15-11-14(2)8-9-17(15)21(3)19(16)23/h8-9,11-12,18H,4-7,10,13H2,1-3H3. The van der Waals surface area contributed by atoms with Gasteiger partial charge in [-0.1, -0.05) is 18.1 Å². The van der Waals surface area contributed by atoms with Crippen LogP contribution in [0.5, 0.6) is 0 Å². The van der Waals surface area contributed by atoms with E-state index in [1.165, 1.54) is 5.56 Å². The van der Waals surface area contributed by atoms with E-state index >= 15 is 0 Å². The first-order valence-electron chi connectivity index (χ1n) is 9.01. The highest BCUT2D eigenvalue weighted by atomic mass is 16.5. The van der Waals surface area contributed by atoms with Gasteiger partial charge in [-0.2, -0.15) is 0 Å². The minimum Gasteiger partial charge on any atom is -0.465 e. The van der Waals surface area contributed by atoms with Gasteiger partial charge in [0.1, 0.15) is 6.04 Å². The number of aryl methyl sites for hydroxylation is 2. The minimum atomic E-state index is -0.244. The van der Waals surface area contributed by atoms with Crippen molar-refractivity contribution < 1.29 is 9.53 Å². The highest BCUT2D eigenvalue weighted by molar-refractivity contribution is 5.80. The molecule has 2 heterocycles. The molecule has 0 spiro atoms. The Kier molecular flexibility index (Phi) is 5.23. The van der Waals surface area contributed by atoms with Crippen LogP contribution in [0.15, 0.2) is 29.1 Å². The summed E-state index contributed by atoms with van der Waals surface area (Å²) in [6, 6.07) is 7.83. The zero-order valence-corrected chi connectivity index (χ0v) is 15.2. The molecule has 0 aliphatic carbocycles. The van der Waals surface area contributed by atoms with E-state index in [1.54, 1.807) is 4.57 Å². The number of fused-ring (bicyclic) bond motifs is 1. The van der Waals surface area contributed by atoms with Crippen LogP contribution in [-0.4, -0.2) is 34.6 Å². The minimum absolute atomic E-state index is 0.00420.